The average Bonchev–Trinajstić information content (AvgIpc) is 2.85. The van der Waals surface area contributed by atoms with Crippen LogP contribution < -0.4 is 5.73 Å². The molecule has 3 N–H and O–H groups in total. The molecule has 0 aliphatic carbocycles. The highest BCUT2D eigenvalue weighted by atomic mass is 79.9. The standard InChI is InChI=1S/C13H13BrN4/c1-7-12(13-10(15)6-16-17-13)9-4-3-8(14)5-11(9)18(7)2/h3-6H,15H2,1-2H3,(H,16,17). The van der Waals surface area contributed by atoms with Crippen LogP contribution in [0, 0.1) is 6.92 Å². The van der Waals surface area contributed by atoms with Crippen LogP contribution in [-0.2, 0) is 7.05 Å². The van der Waals surface area contributed by atoms with Gasteiger partial charge >= 0.3 is 0 Å². The first-order valence-electron chi connectivity index (χ1n) is 5.63. The Bertz CT molecular complexity index is 739. The molecule has 3 rings (SSSR count). The summed E-state index contributed by atoms with van der Waals surface area (Å²) >= 11 is 3.51. The van der Waals surface area contributed by atoms with E-state index in [4.69, 9.17) is 5.73 Å². The van der Waals surface area contributed by atoms with Gasteiger partial charge in [-0.3, -0.25) is 5.10 Å². The van der Waals surface area contributed by atoms with Crippen LogP contribution in [0.25, 0.3) is 22.2 Å². The number of benzene rings is 1. The Morgan fingerprint density at radius 3 is 2.83 bits per heavy atom. The van der Waals surface area contributed by atoms with Crippen molar-refractivity contribution in [1.29, 1.82) is 0 Å². The molecule has 0 saturated carbocycles. The van der Waals surface area contributed by atoms with E-state index in [0.29, 0.717) is 5.69 Å². The summed E-state index contributed by atoms with van der Waals surface area (Å²) in [7, 11) is 2.06. The summed E-state index contributed by atoms with van der Waals surface area (Å²) in [6, 6.07) is 6.25. The zero-order chi connectivity index (χ0) is 12.9. The molecular weight excluding hydrogens is 292 g/mol. The molecule has 18 heavy (non-hydrogen) atoms. The summed E-state index contributed by atoms with van der Waals surface area (Å²) in [5.41, 5.74) is 11.0. The number of nitrogens with two attached hydrogens (primary N) is 1. The number of nitrogens with one attached hydrogen (secondary N) is 1. The predicted octanol–water partition coefficient (Wildman–Crippen LogP) is 3.22. The lowest BCUT2D eigenvalue weighted by Gasteiger charge is -2.00. The molecule has 0 bridgehead atoms. The number of halogens is 1. The molecule has 0 spiro atoms. The van der Waals surface area contributed by atoms with Gasteiger partial charge in [0.15, 0.2) is 0 Å². The molecule has 5 heteroatoms. The van der Waals surface area contributed by atoms with Crippen LogP contribution >= 0.6 is 15.9 Å². The molecule has 2 heterocycles. The normalized spacial score (nSPS) is 11.3. The van der Waals surface area contributed by atoms with Crippen molar-refractivity contribution in [2.24, 2.45) is 7.05 Å². The van der Waals surface area contributed by atoms with Crippen molar-refractivity contribution in [1.82, 2.24) is 14.8 Å². The van der Waals surface area contributed by atoms with E-state index in [1.54, 1.807) is 6.20 Å². The van der Waals surface area contributed by atoms with E-state index in [1.807, 2.05) is 6.07 Å². The highest BCUT2D eigenvalue weighted by molar-refractivity contribution is 9.10. The van der Waals surface area contributed by atoms with Gasteiger partial charge in [0.05, 0.1) is 17.6 Å². The average molecular weight is 305 g/mol. The van der Waals surface area contributed by atoms with Gasteiger partial charge < -0.3 is 10.3 Å². The molecule has 2 aromatic heterocycles. The zero-order valence-electron chi connectivity index (χ0n) is 10.2. The van der Waals surface area contributed by atoms with E-state index >= 15 is 0 Å². The van der Waals surface area contributed by atoms with Crippen LogP contribution in [0.3, 0.4) is 0 Å². The third-order valence-electron chi connectivity index (χ3n) is 3.37. The Morgan fingerprint density at radius 1 is 1.39 bits per heavy atom. The topological polar surface area (TPSA) is 59.6 Å². The minimum atomic E-state index is 0.675. The molecular formula is C13H13BrN4. The number of H-pyrrole nitrogens is 1. The van der Waals surface area contributed by atoms with Crippen molar-refractivity contribution in [3.63, 3.8) is 0 Å². The van der Waals surface area contributed by atoms with Crippen molar-refractivity contribution in [2.75, 3.05) is 5.73 Å². The maximum absolute atomic E-state index is 5.96. The summed E-state index contributed by atoms with van der Waals surface area (Å²) in [6.07, 6.45) is 1.65. The van der Waals surface area contributed by atoms with Gasteiger partial charge in [-0.2, -0.15) is 5.10 Å². The van der Waals surface area contributed by atoms with Gasteiger partial charge in [-0.15, -0.1) is 0 Å². The van der Waals surface area contributed by atoms with Crippen molar-refractivity contribution in [3.8, 4) is 11.3 Å². The third kappa shape index (κ3) is 1.47. The van der Waals surface area contributed by atoms with Crippen molar-refractivity contribution in [3.05, 3.63) is 34.6 Å². The molecule has 0 amide bonds. The van der Waals surface area contributed by atoms with Gasteiger partial charge in [-0.25, -0.2) is 0 Å². The number of rotatable bonds is 1. The summed E-state index contributed by atoms with van der Waals surface area (Å²) in [4.78, 5) is 0. The Labute approximate surface area is 113 Å². The van der Waals surface area contributed by atoms with E-state index in [1.165, 1.54) is 16.6 Å². The van der Waals surface area contributed by atoms with Crippen LogP contribution in [0.5, 0.6) is 0 Å². The molecule has 0 saturated heterocycles. The first-order chi connectivity index (χ1) is 8.59. The second-order valence-corrected chi connectivity index (χ2v) is 5.30. The van der Waals surface area contributed by atoms with Crippen LogP contribution in [0.15, 0.2) is 28.9 Å². The highest BCUT2D eigenvalue weighted by Gasteiger charge is 2.16. The Balaban J connectivity index is 2.43. The second-order valence-electron chi connectivity index (χ2n) is 4.38. The van der Waals surface area contributed by atoms with Gasteiger partial charge in [-0.05, 0) is 19.1 Å². The smallest absolute Gasteiger partial charge is 0.0904 e. The van der Waals surface area contributed by atoms with Gasteiger partial charge in [0.2, 0.25) is 0 Å². The number of hydrogen-bond acceptors (Lipinski definition) is 2. The number of anilines is 1. The molecule has 1 aromatic carbocycles. The van der Waals surface area contributed by atoms with Gasteiger partial charge in [-0.1, -0.05) is 22.0 Å². The Morgan fingerprint density at radius 2 is 2.17 bits per heavy atom. The first-order valence-corrected chi connectivity index (χ1v) is 6.42. The molecule has 3 aromatic rings. The number of aromatic amines is 1. The summed E-state index contributed by atoms with van der Waals surface area (Å²) in [5, 5.41) is 8.16. The van der Waals surface area contributed by atoms with Crippen LogP contribution in [-0.4, -0.2) is 14.8 Å². The monoisotopic (exact) mass is 304 g/mol. The third-order valence-corrected chi connectivity index (χ3v) is 3.87. The minimum Gasteiger partial charge on any atom is -0.396 e. The molecule has 0 fully saturated rings. The highest BCUT2D eigenvalue weighted by Crippen LogP contribution is 2.36. The van der Waals surface area contributed by atoms with Gasteiger partial charge in [0, 0.05) is 33.7 Å². The summed E-state index contributed by atoms with van der Waals surface area (Å²) < 4.78 is 3.23. The lowest BCUT2D eigenvalue weighted by atomic mass is 10.1. The fraction of sp³-hybridized carbons (Fsp3) is 0.154. The number of aryl methyl sites for hydroxylation is 1. The zero-order valence-corrected chi connectivity index (χ0v) is 11.7. The predicted molar refractivity (Wildman–Crippen MR) is 77.4 cm³/mol. The van der Waals surface area contributed by atoms with Crippen molar-refractivity contribution < 1.29 is 0 Å². The fourth-order valence-corrected chi connectivity index (χ4v) is 2.70. The molecule has 0 unspecified atom stereocenters. The molecule has 0 aliphatic heterocycles. The van der Waals surface area contributed by atoms with E-state index in [2.05, 4.69) is 56.8 Å². The van der Waals surface area contributed by atoms with Gasteiger partial charge in [0.1, 0.15) is 0 Å². The Kier molecular flexibility index (Phi) is 2.45. The van der Waals surface area contributed by atoms with Crippen molar-refractivity contribution >= 4 is 32.5 Å². The van der Waals surface area contributed by atoms with E-state index in [-0.39, 0.29) is 0 Å². The number of fused-ring (bicyclic) bond motifs is 1. The fourth-order valence-electron chi connectivity index (χ4n) is 2.35. The lowest BCUT2D eigenvalue weighted by molar-refractivity contribution is 0.918. The molecule has 0 radical (unpaired) electrons. The SMILES string of the molecule is Cc1c(-c2[nH]ncc2N)c2ccc(Br)cc2n1C. The number of nitrogen functional groups attached to an aromatic ring is 1. The molecule has 92 valence electrons. The minimum absolute atomic E-state index is 0.675. The first kappa shape index (κ1) is 11.3. The quantitative estimate of drug-likeness (QED) is 0.725. The van der Waals surface area contributed by atoms with E-state index in [9.17, 15) is 0 Å². The van der Waals surface area contributed by atoms with E-state index < -0.39 is 0 Å². The number of hydrogen-bond donors (Lipinski definition) is 2. The summed E-state index contributed by atoms with van der Waals surface area (Å²) in [6.45, 7) is 2.09. The molecule has 4 nitrogen and oxygen atoms in total. The maximum atomic E-state index is 5.96. The molecule has 0 aliphatic rings. The number of nitrogens with zero attached hydrogens (tertiary/aromatic N) is 2. The summed E-state index contributed by atoms with van der Waals surface area (Å²) in [5.74, 6) is 0. The molecule has 0 atom stereocenters. The van der Waals surface area contributed by atoms with Crippen LogP contribution in [0.2, 0.25) is 0 Å². The second kappa shape index (κ2) is 3.88. The van der Waals surface area contributed by atoms with Crippen LogP contribution in [0.4, 0.5) is 5.69 Å². The van der Waals surface area contributed by atoms with Crippen LogP contribution in [0.1, 0.15) is 5.69 Å². The van der Waals surface area contributed by atoms with Gasteiger partial charge in [0.25, 0.3) is 0 Å². The van der Waals surface area contributed by atoms with E-state index in [0.717, 1.165) is 15.7 Å². The van der Waals surface area contributed by atoms with Crippen molar-refractivity contribution in [2.45, 2.75) is 6.92 Å². The lowest BCUT2D eigenvalue weighted by Crippen LogP contribution is -1.92. The Hall–Kier alpha value is -1.75. The largest absolute Gasteiger partial charge is 0.396 e. The number of aromatic nitrogens is 3. The maximum Gasteiger partial charge on any atom is 0.0904 e.